The lowest BCUT2D eigenvalue weighted by molar-refractivity contribution is 0.195. The molecule has 0 heterocycles. The van der Waals surface area contributed by atoms with Crippen molar-refractivity contribution in [3.8, 4) is 17.2 Å². The van der Waals surface area contributed by atoms with Crippen molar-refractivity contribution in [3.05, 3.63) is 49.3 Å². The van der Waals surface area contributed by atoms with E-state index in [4.69, 9.17) is 9.47 Å². The molecule has 0 spiro atoms. The van der Waals surface area contributed by atoms with E-state index in [-0.39, 0.29) is 0 Å². The largest absolute Gasteiger partial charge is 0.496 e. The SMILES string of the molecule is COc1cc(Br)c(Oc2cc(Br)ccc2C(C)O)cc1Br. The third kappa shape index (κ3) is 4.00. The van der Waals surface area contributed by atoms with Crippen LogP contribution in [0.4, 0.5) is 0 Å². The van der Waals surface area contributed by atoms with Gasteiger partial charge >= 0.3 is 0 Å². The van der Waals surface area contributed by atoms with Crippen molar-refractivity contribution < 1.29 is 14.6 Å². The molecule has 0 aliphatic heterocycles. The fourth-order valence-electron chi connectivity index (χ4n) is 1.81. The third-order valence-electron chi connectivity index (χ3n) is 2.85. The van der Waals surface area contributed by atoms with E-state index >= 15 is 0 Å². The highest BCUT2D eigenvalue weighted by molar-refractivity contribution is 9.11. The molecule has 0 aliphatic carbocycles. The summed E-state index contributed by atoms with van der Waals surface area (Å²) < 4.78 is 13.6. The molecule has 0 fully saturated rings. The summed E-state index contributed by atoms with van der Waals surface area (Å²) >= 11 is 10.3. The maximum Gasteiger partial charge on any atom is 0.143 e. The molecule has 0 aliphatic rings. The molecule has 0 bridgehead atoms. The Bertz CT molecular complexity index is 657. The quantitative estimate of drug-likeness (QED) is 0.598. The Hall–Kier alpha value is -0.560. The van der Waals surface area contributed by atoms with Crippen LogP contribution in [-0.4, -0.2) is 12.2 Å². The Morgan fingerprint density at radius 2 is 1.57 bits per heavy atom. The summed E-state index contributed by atoms with van der Waals surface area (Å²) in [5.41, 5.74) is 0.719. The second-order valence-corrected chi connectivity index (χ2v) is 7.00. The van der Waals surface area contributed by atoms with Gasteiger partial charge in [0.1, 0.15) is 17.2 Å². The van der Waals surface area contributed by atoms with Gasteiger partial charge in [-0.25, -0.2) is 0 Å². The van der Waals surface area contributed by atoms with E-state index in [9.17, 15) is 5.11 Å². The first-order chi connectivity index (χ1) is 9.92. The molecule has 0 saturated heterocycles. The monoisotopic (exact) mass is 478 g/mol. The molecule has 0 amide bonds. The van der Waals surface area contributed by atoms with E-state index in [1.54, 1.807) is 14.0 Å². The average molecular weight is 481 g/mol. The first kappa shape index (κ1) is 16.8. The van der Waals surface area contributed by atoms with Gasteiger partial charge in [0.2, 0.25) is 0 Å². The number of methoxy groups -OCH3 is 1. The van der Waals surface area contributed by atoms with Gasteiger partial charge in [0.05, 0.1) is 22.2 Å². The lowest BCUT2D eigenvalue weighted by Crippen LogP contribution is -1.97. The standard InChI is InChI=1S/C15H13Br3O3/c1-8(19)10-4-3-9(16)5-13(10)21-15-7-11(17)14(20-2)6-12(15)18/h3-8,19H,1-2H3. The maximum absolute atomic E-state index is 9.84. The van der Waals surface area contributed by atoms with Gasteiger partial charge in [0.25, 0.3) is 0 Å². The summed E-state index contributed by atoms with van der Waals surface area (Å²) in [4.78, 5) is 0. The molecule has 112 valence electrons. The van der Waals surface area contributed by atoms with Gasteiger partial charge in [-0.05, 0) is 63.0 Å². The van der Waals surface area contributed by atoms with Gasteiger partial charge < -0.3 is 14.6 Å². The zero-order valence-corrected chi connectivity index (χ0v) is 16.1. The minimum Gasteiger partial charge on any atom is -0.496 e. The van der Waals surface area contributed by atoms with Crippen LogP contribution in [0.1, 0.15) is 18.6 Å². The van der Waals surface area contributed by atoms with Crippen LogP contribution in [0.25, 0.3) is 0 Å². The molecule has 0 radical (unpaired) electrons. The second kappa shape index (κ2) is 7.13. The fourth-order valence-corrected chi connectivity index (χ4v) is 3.03. The summed E-state index contributed by atoms with van der Waals surface area (Å²) in [6, 6.07) is 9.16. The van der Waals surface area contributed by atoms with Crippen LogP contribution in [0, 0.1) is 0 Å². The van der Waals surface area contributed by atoms with Crippen LogP contribution in [0.5, 0.6) is 17.2 Å². The van der Waals surface area contributed by atoms with Crippen molar-refractivity contribution >= 4 is 47.8 Å². The molecule has 0 aromatic heterocycles. The van der Waals surface area contributed by atoms with Crippen molar-refractivity contribution in [3.63, 3.8) is 0 Å². The number of ether oxygens (including phenoxy) is 2. The van der Waals surface area contributed by atoms with Crippen molar-refractivity contribution in [2.24, 2.45) is 0 Å². The van der Waals surface area contributed by atoms with Crippen LogP contribution in [0.15, 0.2) is 43.7 Å². The second-order valence-electron chi connectivity index (χ2n) is 4.38. The van der Waals surface area contributed by atoms with Crippen molar-refractivity contribution in [2.75, 3.05) is 7.11 Å². The molecule has 1 unspecified atom stereocenters. The zero-order chi connectivity index (χ0) is 15.6. The van der Waals surface area contributed by atoms with Crippen molar-refractivity contribution in [1.29, 1.82) is 0 Å². The Balaban J connectivity index is 2.43. The van der Waals surface area contributed by atoms with E-state index in [1.807, 2.05) is 30.3 Å². The van der Waals surface area contributed by atoms with Crippen molar-refractivity contribution in [2.45, 2.75) is 13.0 Å². The molecule has 1 atom stereocenters. The summed E-state index contributed by atoms with van der Waals surface area (Å²) in [6.07, 6.45) is -0.617. The lowest BCUT2D eigenvalue weighted by Gasteiger charge is -2.15. The molecule has 0 saturated carbocycles. The maximum atomic E-state index is 9.84. The van der Waals surface area contributed by atoms with E-state index in [2.05, 4.69) is 47.8 Å². The molecular weight excluding hydrogens is 468 g/mol. The smallest absolute Gasteiger partial charge is 0.143 e. The molecule has 6 heteroatoms. The predicted octanol–water partition coefficient (Wildman–Crippen LogP) is 5.83. The molecule has 21 heavy (non-hydrogen) atoms. The van der Waals surface area contributed by atoms with Crippen molar-refractivity contribution in [1.82, 2.24) is 0 Å². The number of halogens is 3. The summed E-state index contributed by atoms with van der Waals surface area (Å²) in [7, 11) is 1.60. The molecule has 2 aromatic rings. The normalized spacial score (nSPS) is 12.1. The van der Waals surface area contributed by atoms with Crippen LogP contribution >= 0.6 is 47.8 Å². The summed E-state index contributed by atoms with van der Waals surface area (Å²) in [6.45, 7) is 1.70. The molecule has 3 nitrogen and oxygen atoms in total. The van der Waals surface area contributed by atoms with E-state index in [1.165, 1.54) is 0 Å². The summed E-state index contributed by atoms with van der Waals surface area (Å²) in [5.74, 6) is 1.93. The van der Waals surface area contributed by atoms with E-state index in [0.717, 1.165) is 19.0 Å². The van der Waals surface area contributed by atoms with E-state index < -0.39 is 6.10 Å². The van der Waals surface area contributed by atoms with Crippen LogP contribution in [-0.2, 0) is 0 Å². The fraction of sp³-hybridized carbons (Fsp3) is 0.200. The molecule has 2 rings (SSSR count). The number of benzene rings is 2. The minimum atomic E-state index is -0.617. The topological polar surface area (TPSA) is 38.7 Å². The highest BCUT2D eigenvalue weighted by Crippen LogP contribution is 2.40. The van der Waals surface area contributed by atoms with Crippen LogP contribution in [0.2, 0.25) is 0 Å². The number of hydrogen-bond donors (Lipinski definition) is 1. The van der Waals surface area contributed by atoms with Gasteiger partial charge in [0.15, 0.2) is 0 Å². The highest BCUT2D eigenvalue weighted by atomic mass is 79.9. The number of aliphatic hydroxyl groups excluding tert-OH is 1. The lowest BCUT2D eigenvalue weighted by atomic mass is 10.1. The first-order valence-corrected chi connectivity index (χ1v) is 8.48. The Labute approximate surface area is 148 Å². The Kier molecular flexibility index (Phi) is 5.71. The predicted molar refractivity (Wildman–Crippen MR) is 93.2 cm³/mol. The number of rotatable bonds is 4. The Morgan fingerprint density at radius 3 is 2.19 bits per heavy atom. The molecule has 2 aromatic carbocycles. The molecular formula is C15H13Br3O3. The van der Waals surface area contributed by atoms with Crippen LogP contribution < -0.4 is 9.47 Å². The summed E-state index contributed by atoms with van der Waals surface area (Å²) in [5, 5.41) is 9.84. The average Bonchev–Trinajstić information content (AvgIpc) is 2.42. The zero-order valence-electron chi connectivity index (χ0n) is 11.4. The van der Waals surface area contributed by atoms with Gasteiger partial charge in [-0.1, -0.05) is 22.0 Å². The molecule has 1 N–H and O–H groups in total. The van der Waals surface area contributed by atoms with Gasteiger partial charge in [-0.3, -0.25) is 0 Å². The van der Waals surface area contributed by atoms with E-state index in [0.29, 0.717) is 17.2 Å². The first-order valence-electron chi connectivity index (χ1n) is 6.10. The van der Waals surface area contributed by atoms with Gasteiger partial charge in [-0.15, -0.1) is 0 Å². The number of hydrogen-bond acceptors (Lipinski definition) is 3. The van der Waals surface area contributed by atoms with Gasteiger partial charge in [-0.2, -0.15) is 0 Å². The highest BCUT2D eigenvalue weighted by Gasteiger charge is 2.14. The Morgan fingerprint density at radius 1 is 0.952 bits per heavy atom. The number of aliphatic hydroxyl groups is 1. The van der Waals surface area contributed by atoms with Gasteiger partial charge in [0, 0.05) is 10.0 Å². The van der Waals surface area contributed by atoms with Crippen LogP contribution in [0.3, 0.4) is 0 Å². The minimum absolute atomic E-state index is 0.595. The third-order valence-corrected chi connectivity index (χ3v) is 4.58.